The minimum atomic E-state index is -5.03. The Kier molecular flexibility index (Phi) is 10.1. The van der Waals surface area contributed by atoms with Gasteiger partial charge in [0.2, 0.25) is 0 Å². The van der Waals surface area contributed by atoms with Crippen LogP contribution in [0.3, 0.4) is 0 Å². The second-order valence-corrected chi connectivity index (χ2v) is 15.0. The first-order chi connectivity index (χ1) is 23.4. The first kappa shape index (κ1) is 36.9. The van der Waals surface area contributed by atoms with Crippen molar-refractivity contribution in [3.63, 3.8) is 0 Å². The minimum absolute atomic E-state index is 0.0604. The van der Waals surface area contributed by atoms with E-state index in [-0.39, 0.29) is 22.8 Å². The number of amidine groups is 1. The van der Waals surface area contributed by atoms with Crippen LogP contribution in [0.4, 0.5) is 5.13 Å². The van der Waals surface area contributed by atoms with Crippen molar-refractivity contribution in [1.82, 2.24) is 15.4 Å². The number of nitrogens with two attached hydrogens (primary N) is 3. The van der Waals surface area contributed by atoms with Crippen molar-refractivity contribution >= 4 is 56.2 Å². The van der Waals surface area contributed by atoms with Crippen LogP contribution in [0.2, 0.25) is 0 Å². The largest absolute Gasteiger partial charge is 0.485 e. The topological polar surface area (TPSA) is 284 Å². The van der Waals surface area contributed by atoms with Crippen molar-refractivity contribution in [2.75, 3.05) is 12.3 Å². The van der Waals surface area contributed by atoms with Gasteiger partial charge in [0.25, 0.3) is 17.4 Å². The molecule has 18 nitrogen and oxygen atoms in total. The molecule has 1 aliphatic carbocycles. The highest BCUT2D eigenvalue weighted by Gasteiger charge is 2.58. The van der Waals surface area contributed by atoms with Crippen LogP contribution in [-0.2, 0) is 40.3 Å². The summed E-state index contributed by atoms with van der Waals surface area (Å²) >= 11 is 0.968. The lowest BCUT2D eigenvalue weighted by Gasteiger charge is -2.50. The molecular weight excluding hydrogens is 697 g/mol. The molecule has 2 fully saturated rings. The highest BCUT2D eigenvalue weighted by atomic mass is 32.3. The number of fused-ring (bicyclic) bond motifs is 1. The third kappa shape index (κ3) is 7.38. The standard InChI is InChI=1S/C30H40N8O10S2/c1-28(2)22(25(40)38(28)48-50(43,44)45)35-24(39)21(18-15-49-27(33)34-18)37-47-29(3,26(41)42)20-7-4-6-16-14-17(8-9-19(16)46-20)23(32)36-30(12-13-31)10-5-11-30/h8-9,14-15,20,22H,4-7,10-13,31H2,1-3H3,(H2,32,36)(H2,33,34)(H,35,39)(H,41,42)(H,43,44,45)/b37-21-/t20-,22-,29+/m1/s1. The van der Waals surface area contributed by atoms with Crippen molar-refractivity contribution in [2.45, 2.75) is 94.5 Å². The summed E-state index contributed by atoms with van der Waals surface area (Å²) in [5, 5.41) is 18.5. The average Bonchev–Trinajstić information content (AvgIpc) is 3.33. The number of rotatable bonds is 13. The zero-order valence-electron chi connectivity index (χ0n) is 27.6. The summed E-state index contributed by atoms with van der Waals surface area (Å²) in [5.74, 6) is -2.62. The van der Waals surface area contributed by atoms with Crippen LogP contribution >= 0.6 is 11.3 Å². The number of hydrogen-bond acceptors (Lipinski definition) is 14. The number of hydrogen-bond donors (Lipinski definition) is 6. The number of nitrogen functional groups attached to an aromatic ring is 1. The molecule has 20 heteroatoms. The van der Waals surface area contributed by atoms with Gasteiger partial charge in [0.05, 0.1) is 11.1 Å². The summed E-state index contributed by atoms with van der Waals surface area (Å²) in [7, 11) is -5.03. The van der Waals surface area contributed by atoms with Crippen molar-refractivity contribution in [1.29, 1.82) is 0 Å². The van der Waals surface area contributed by atoms with E-state index in [9.17, 15) is 27.9 Å². The number of aryl methyl sites for hydroxylation is 1. The van der Waals surface area contributed by atoms with Crippen molar-refractivity contribution < 1.29 is 46.3 Å². The summed E-state index contributed by atoms with van der Waals surface area (Å²) in [4.78, 5) is 53.5. The Bertz CT molecular complexity index is 1840. The fourth-order valence-corrected chi connectivity index (χ4v) is 7.12. The summed E-state index contributed by atoms with van der Waals surface area (Å²) in [6.45, 7) is 4.52. The Hall–Kier alpha value is -4.37. The highest BCUT2D eigenvalue weighted by Crippen LogP contribution is 2.39. The fraction of sp³-hybridized carbons (Fsp3) is 0.533. The molecule has 1 saturated carbocycles. The third-order valence-electron chi connectivity index (χ3n) is 9.26. The number of nitrogens with one attached hydrogen (secondary N) is 1. The van der Waals surface area contributed by atoms with Gasteiger partial charge in [0, 0.05) is 10.9 Å². The third-order valence-corrected chi connectivity index (χ3v) is 10.3. The Morgan fingerprint density at radius 2 is 2.00 bits per heavy atom. The molecule has 3 heterocycles. The molecule has 0 unspecified atom stereocenters. The van der Waals surface area contributed by atoms with Crippen molar-refractivity contribution in [3.8, 4) is 5.75 Å². The van der Waals surface area contributed by atoms with Crippen LogP contribution in [-0.4, -0.2) is 92.8 Å². The van der Waals surface area contributed by atoms with E-state index in [1.807, 2.05) is 6.07 Å². The Morgan fingerprint density at radius 3 is 2.56 bits per heavy atom. The number of aliphatic imine (C=N–C) groups is 1. The predicted molar refractivity (Wildman–Crippen MR) is 180 cm³/mol. The van der Waals surface area contributed by atoms with Crippen LogP contribution in [0.1, 0.15) is 76.1 Å². The molecule has 3 aliphatic rings. The molecule has 2 amide bonds. The van der Waals surface area contributed by atoms with Gasteiger partial charge in [-0.2, -0.15) is 13.5 Å². The Labute approximate surface area is 291 Å². The Morgan fingerprint density at radius 1 is 1.28 bits per heavy atom. The van der Waals surface area contributed by atoms with Gasteiger partial charge in [-0.3, -0.25) is 19.1 Å². The van der Waals surface area contributed by atoms with Gasteiger partial charge < -0.3 is 37.2 Å². The number of thiazole rings is 1. The number of aromatic nitrogens is 1. The molecule has 1 aromatic heterocycles. The van der Waals surface area contributed by atoms with E-state index in [0.717, 1.165) is 48.1 Å². The molecule has 50 heavy (non-hydrogen) atoms. The average molecular weight is 737 g/mol. The molecular formula is C30H40N8O10S2. The number of carboxylic acid groups (broad SMARTS) is 1. The van der Waals surface area contributed by atoms with E-state index in [1.165, 1.54) is 26.2 Å². The molecule has 0 bridgehead atoms. The summed E-state index contributed by atoms with van der Waals surface area (Å²) < 4.78 is 42.0. The number of β-lactam (4-membered cyclic amide) rings is 1. The highest BCUT2D eigenvalue weighted by molar-refractivity contribution is 7.80. The van der Waals surface area contributed by atoms with Crippen molar-refractivity contribution in [2.24, 2.45) is 21.6 Å². The molecule has 0 radical (unpaired) electrons. The first-order valence-electron chi connectivity index (χ1n) is 15.8. The van der Waals surface area contributed by atoms with Crippen LogP contribution in [0, 0.1) is 0 Å². The predicted octanol–water partition coefficient (Wildman–Crippen LogP) is 0.890. The van der Waals surface area contributed by atoms with Gasteiger partial charge in [-0.25, -0.2) is 9.78 Å². The molecule has 272 valence electrons. The fourth-order valence-electron chi connectivity index (χ4n) is 6.11. The number of nitrogens with zero attached hydrogens (tertiary/aromatic N) is 4. The second kappa shape index (κ2) is 13.7. The molecule has 1 saturated heterocycles. The first-order valence-corrected chi connectivity index (χ1v) is 18.0. The normalized spacial score (nSPS) is 22.9. The van der Waals surface area contributed by atoms with E-state index < -0.39 is 57.2 Å². The van der Waals surface area contributed by atoms with E-state index >= 15 is 0 Å². The molecule has 9 N–H and O–H groups in total. The quantitative estimate of drug-likeness (QED) is 0.0548. The summed E-state index contributed by atoms with van der Waals surface area (Å²) in [5.41, 5.74) is 15.1. The maximum atomic E-state index is 13.5. The van der Waals surface area contributed by atoms with E-state index in [2.05, 4.69) is 19.7 Å². The maximum Gasteiger partial charge on any atom is 0.418 e. The van der Waals surface area contributed by atoms with E-state index in [1.54, 1.807) is 12.1 Å². The monoisotopic (exact) mass is 736 g/mol. The summed E-state index contributed by atoms with van der Waals surface area (Å²) in [6, 6.07) is 4.00. The van der Waals surface area contributed by atoms with Gasteiger partial charge in [-0.15, -0.1) is 15.6 Å². The maximum absolute atomic E-state index is 13.5. The molecule has 2 aromatic rings. The van der Waals surface area contributed by atoms with Gasteiger partial charge in [0.15, 0.2) is 16.9 Å². The lowest BCUT2D eigenvalue weighted by Crippen LogP contribution is -2.76. The smallest absolute Gasteiger partial charge is 0.418 e. The van der Waals surface area contributed by atoms with Gasteiger partial charge in [-0.05, 0) is 96.0 Å². The van der Waals surface area contributed by atoms with Crippen molar-refractivity contribution in [3.05, 3.63) is 40.4 Å². The number of carbonyl (C=O) groups excluding carboxylic acids is 2. The molecule has 0 spiro atoms. The number of benzene rings is 1. The van der Waals surface area contributed by atoms with Gasteiger partial charge in [-0.1, -0.05) is 5.16 Å². The van der Waals surface area contributed by atoms with E-state index in [4.69, 9.17) is 36.3 Å². The zero-order valence-corrected chi connectivity index (χ0v) is 29.3. The SMILES string of the molecule is CC1(C)[C@H](NC(=O)/C(=N\O[C@](C)(C(=O)O)[C@H]2CCCc3cc(C(N)=NC4(CCN)CCC4)ccc3O2)c2csc(N)n2)C(=O)N1OS(=O)(=O)O. The lowest BCUT2D eigenvalue weighted by molar-refractivity contribution is -0.218. The number of amides is 2. The molecule has 1 aromatic carbocycles. The number of oxime groups is 1. The lowest BCUT2D eigenvalue weighted by atomic mass is 9.75. The van der Waals surface area contributed by atoms with Crippen LogP contribution in [0.25, 0.3) is 0 Å². The molecule has 5 rings (SSSR count). The number of ether oxygens (including phenoxy) is 1. The zero-order chi connectivity index (χ0) is 36.6. The van der Waals surface area contributed by atoms with Crippen LogP contribution in [0.5, 0.6) is 5.75 Å². The van der Waals surface area contributed by atoms with E-state index in [0.29, 0.717) is 36.0 Å². The summed E-state index contributed by atoms with van der Waals surface area (Å²) in [6.07, 6.45) is 3.91. The minimum Gasteiger partial charge on any atom is -0.485 e. The number of carboxylic acids is 1. The van der Waals surface area contributed by atoms with Crippen LogP contribution < -0.4 is 27.3 Å². The van der Waals surface area contributed by atoms with Crippen LogP contribution in [0.15, 0.2) is 33.7 Å². The second-order valence-electron chi connectivity index (χ2n) is 13.1. The number of anilines is 1. The number of aliphatic carboxylic acids is 1. The number of carbonyl (C=O) groups is 3. The number of hydroxylamine groups is 2. The Balaban J connectivity index is 1.38. The molecule has 3 atom stereocenters. The van der Waals surface area contributed by atoms with Gasteiger partial charge >= 0.3 is 16.4 Å². The molecule has 2 aliphatic heterocycles. The van der Waals surface area contributed by atoms with Gasteiger partial charge in [0.1, 0.15) is 23.3 Å².